The molecular weight excluding hydrogens is 246 g/mol. The van der Waals surface area contributed by atoms with E-state index in [1.54, 1.807) is 6.07 Å². The van der Waals surface area contributed by atoms with E-state index < -0.39 is 0 Å². The van der Waals surface area contributed by atoms with Crippen LogP contribution in [0, 0.1) is 20.8 Å². The zero-order valence-corrected chi connectivity index (χ0v) is 11.9. The molecule has 0 fully saturated rings. The van der Waals surface area contributed by atoms with E-state index >= 15 is 0 Å². The van der Waals surface area contributed by atoms with Crippen LogP contribution in [0.25, 0.3) is 0 Å². The van der Waals surface area contributed by atoms with Gasteiger partial charge in [-0.25, -0.2) is 0 Å². The fourth-order valence-electron chi connectivity index (χ4n) is 2.23. The molecule has 0 aliphatic rings. The van der Waals surface area contributed by atoms with Crippen LogP contribution >= 0.6 is 11.6 Å². The van der Waals surface area contributed by atoms with Crippen LogP contribution < -0.4 is 5.32 Å². The van der Waals surface area contributed by atoms with Gasteiger partial charge in [0.15, 0.2) is 5.22 Å². The lowest BCUT2D eigenvalue weighted by molar-refractivity contribution is 0.464. The van der Waals surface area contributed by atoms with Gasteiger partial charge in [-0.15, -0.1) is 0 Å². The summed E-state index contributed by atoms with van der Waals surface area (Å²) in [5.74, 6) is 0.842. The van der Waals surface area contributed by atoms with Gasteiger partial charge in [-0.1, -0.05) is 12.1 Å². The maximum Gasteiger partial charge on any atom is 0.193 e. The smallest absolute Gasteiger partial charge is 0.193 e. The molecule has 2 aromatic rings. The zero-order chi connectivity index (χ0) is 13.3. The molecule has 1 aromatic carbocycles. The van der Waals surface area contributed by atoms with Gasteiger partial charge in [0.2, 0.25) is 0 Å². The van der Waals surface area contributed by atoms with Crippen molar-refractivity contribution in [3.8, 4) is 0 Å². The molecule has 0 spiro atoms. The van der Waals surface area contributed by atoms with Crippen molar-refractivity contribution in [2.24, 2.45) is 0 Å². The highest BCUT2D eigenvalue weighted by Crippen LogP contribution is 2.29. The number of furan rings is 1. The predicted octanol–water partition coefficient (Wildman–Crippen LogP) is 4.17. The average molecular weight is 264 g/mol. The van der Waals surface area contributed by atoms with Crippen molar-refractivity contribution in [1.29, 1.82) is 0 Å². The molecular formula is C15H18ClNO. The second-order valence-electron chi connectivity index (χ2n) is 4.66. The summed E-state index contributed by atoms with van der Waals surface area (Å²) >= 11 is 5.85. The summed E-state index contributed by atoms with van der Waals surface area (Å²) in [6.07, 6.45) is 0. The van der Waals surface area contributed by atoms with Gasteiger partial charge in [-0.2, -0.15) is 0 Å². The third-order valence-electron chi connectivity index (χ3n) is 3.36. The fraction of sp³-hybridized carbons (Fsp3) is 0.333. The highest BCUT2D eigenvalue weighted by molar-refractivity contribution is 6.28. The third-order valence-corrected chi connectivity index (χ3v) is 3.56. The van der Waals surface area contributed by atoms with Crippen LogP contribution in [0.3, 0.4) is 0 Å². The molecule has 96 valence electrons. The van der Waals surface area contributed by atoms with E-state index in [2.05, 4.69) is 38.2 Å². The Balaban J connectivity index is 2.48. The first-order valence-electron chi connectivity index (χ1n) is 6.03. The molecule has 1 N–H and O–H groups in total. The number of aryl methyl sites for hydroxylation is 3. The number of hydrogen-bond acceptors (Lipinski definition) is 2. The van der Waals surface area contributed by atoms with Crippen LogP contribution in [0.15, 0.2) is 28.7 Å². The van der Waals surface area contributed by atoms with E-state index in [0.717, 1.165) is 5.76 Å². The monoisotopic (exact) mass is 263 g/mol. The van der Waals surface area contributed by atoms with E-state index in [-0.39, 0.29) is 6.04 Å². The number of rotatable bonds is 3. The summed E-state index contributed by atoms with van der Waals surface area (Å²) in [5, 5.41) is 3.71. The molecule has 0 aliphatic heterocycles. The minimum Gasteiger partial charge on any atom is -0.448 e. The van der Waals surface area contributed by atoms with Crippen LogP contribution in [-0.4, -0.2) is 7.05 Å². The molecule has 1 unspecified atom stereocenters. The number of halogens is 1. The van der Waals surface area contributed by atoms with Crippen LogP contribution in [0.4, 0.5) is 0 Å². The van der Waals surface area contributed by atoms with Crippen molar-refractivity contribution in [2.75, 3.05) is 7.05 Å². The standard InChI is InChI=1S/C15H18ClNO/c1-9-7-11(3)12(8-10(9)2)15(17-4)13-5-6-14(16)18-13/h5-8,15,17H,1-4H3. The van der Waals surface area contributed by atoms with Crippen molar-refractivity contribution in [3.63, 3.8) is 0 Å². The topological polar surface area (TPSA) is 25.2 Å². The third kappa shape index (κ3) is 2.45. The van der Waals surface area contributed by atoms with E-state index in [0.29, 0.717) is 5.22 Å². The van der Waals surface area contributed by atoms with Crippen molar-refractivity contribution in [1.82, 2.24) is 5.32 Å². The fourth-order valence-corrected chi connectivity index (χ4v) is 2.38. The first-order valence-corrected chi connectivity index (χ1v) is 6.41. The Morgan fingerprint density at radius 2 is 1.72 bits per heavy atom. The normalized spacial score (nSPS) is 12.7. The Kier molecular flexibility index (Phi) is 3.79. The van der Waals surface area contributed by atoms with Gasteiger partial charge in [0.1, 0.15) is 5.76 Å². The van der Waals surface area contributed by atoms with Gasteiger partial charge in [-0.05, 0) is 73.8 Å². The molecule has 0 amide bonds. The average Bonchev–Trinajstić information content (AvgIpc) is 2.73. The molecule has 0 saturated carbocycles. The van der Waals surface area contributed by atoms with E-state index in [9.17, 15) is 0 Å². The summed E-state index contributed by atoms with van der Waals surface area (Å²) in [6, 6.07) is 8.15. The quantitative estimate of drug-likeness (QED) is 0.899. The maximum absolute atomic E-state index is 5.85. The van der Waals surface area contributed by atoms with Gasteiger partial charge in [0, 0.05) is 0 Å². The largest absolute Gasteiger partial charge is 0.448 e. The Bertz CT molecular complexity index is 560. The summed E-state index contributed by atoms with van der Waals surface area (Å²) in [5.41, 5.74) is 5.08. The molecule has 1 aromatic heterocycles. The lowest BCUT2D eigenvalue weighted by atomic mass is 9.94. The minimum absolute atomic E-state index is 0.0387. The number of hydrogen-bond donors (Lipinski definition) is 1. The van der Waals surface area contributed by atoms with Crippen molar-refractivity contribution in [2.45, 2.75) is 26.8 Å². The molecule has 1 atom stereocenters. The van der Waals surface area contributed by atoms with Gasteiger partial charge in [0.25, 0.3) is 0 Å². The van der Waals surface area contributed by atoms with Crippen molar-refractivity contribution < 1.29 is 4.42 Å². The Morgan fingerprint density at radius 1 is 1.06 bits per heavy atom. The Labute approximate surface area is 113 Å². The number of nitrogens with one attached hydrogen (secondary N) is 1. The molecule has 2 rings (SSSR count). The van der Waals surface area contributed by atoms with Crippen LogP contribution in [0.2, 0.25) is 5.22 Å². The predicted molar refractivity (Wildman–Crippen MR) is 75.3 cm³/mol. The molecule has 0 saturated heterocycles. The van der Waals surface area contributed by atoms with Crippen molar-refractivity contribution in [3.05, 3.63) is 57.5 Å². The SMILES string of the molecule is CNC(c1ccc(Cl)o1)c1cc(C)c(C)cc1C. The van der Waals surface area contributed by atoms with Gasteiger partial charge in [-0.3, -0.25) is 0 Å². The Morgan fingerprint density at radius 3 is 2.28 bits per heavy atom. The van der Waals surface area contributed by atoms with Crippen LogP contribution in [0.5, 0.6) is 0 Å². The first kappa shape index (κ1) is 13.2. The molecule has 2 nitrogen and oxygen atoms in total. The second-order valence-corrected chi connectivity index (χ2v) is 5.03. The van der Waals surface area contributed by atoms with Crippen LogP contribution in [-0.2, 0) is 0 Å². The minimum atomic E-state index is 0.0387. The maximum atomic E-state index is 5.85. The molecule has 1 heterocycles. The van der Waals surface area contributed by atoms with Crippen molar-refractivity contribution >= 4 is 11.6 Å². The Hall–Kier alpha value is -1.25. The summed E-state index contributed by atoms with van der Waals surface area (Å²) in [6.45, 7) is 6.38. The number of benzene rings is 1. The van der Waals surface area contributed by atoms with Gasteiger partial charge >= 0.3 is 0 Å². The lowest BCUT2D eigenvalue weighted by Crippen LogP contribution is -2.18. The molecule has 0 bridgehead atoms. The highest BCUT2D eigenvalue weighted by Gasteiger charge is 2.18. The molecule has 18 heavy (non-hydrogen) atoms. The van der Waals surface area contributed by atoms with Gasteiger partial charge < -0.3 is 9.73 Å². The molecule has 0 radical (unpaired) electrons. The summed E-state index contributed by atoms with van der Waals surface area (Å²) in [7, 11) is 1.93. The van der Waals surface area contributed by atoms with E-state index in [1.165, 1.54) is 22.3 Å². The first-order chi connectivity index (χ1) is 8.52. The molecule has 0 aliphatic carbocycles. The highest BCUT2D eigenvalue weighted by atomic mass is 35.5. The summed E-state index contributed by atoms with van der Waals surface area (Å²) in [4.78, 5) is 0. The van der Waals surface area contributed by atoms with Gasteiger partial charge in [0.05, 0.1) is 6.04 Å². The lowest BCUT2D eigenvalue weighted by Gasteiger charge is -2.18. The summed E-state index contributed by atoms with van der Waals surface area (Å²) < 4.78 is 5.52. The zero-order valence-electron chi connectivity index (χ0n) is 11.2. The molecule has 3 heteroatoms. The van der Waals surface area contributed by atoms with E-state index in [1.807, 2.05) is 13.1 Å². The van der Waals surface area contributed by atoms with Crippen LogP contribution in [0.1, 0.15) is 34.1 Å². The second kappa shape index (κ2) is 5.17. The van der Waals surface area contributed by atoms with E-state index in [4.69, 9.17) is 16.0 Å².